The third-order valence-electron chi connectivity index (χ3n) is 4.14. The van der Waals surface area contributed by atoms with Crippen LogP contribution < -0.4 is 20.3 Å². The van der Waals surface area contributed by atoms with Gasteiger partial charge in [0.25, 0.3) is 11.8 Å². The lowest BCUT2D eigenvalue weighted by Crippen LogP contribution is -2.44. The van der Waals surface area contributed by atoms with Gasteiger partial charge in [-0.1, -0.05) is 24.3 Å². The zero-order valence-corrected chi connectivity index (χ0v) is 16.1. The molecule has 0 aliphatic rings. The number of rotatable bonds is 6. The highest BCUT2D eigenvalue weighted by atomic mass is 16.5. The number of hydrogen-bond acceptors (Lipinski definition) is 5. The fourth-order valence-electron chi connectivity index (χ4n) is 2.43. The molecule has 3 rings (SSSR count). The Balaban J connectivity index is 1.55. The highest BCUT2D eigenvalue weighted by Gasteiger charge is 2.15. The van der Waals surface area contributed by atoms with Crippen molar-refractivity contribution < 1.29 is 19.1 Å². The van der Waals surface area contributed by atoms with E-state index in [4.69, 9.17) is 9.47 Å². The Labute approximate surface area is 168 Å². The number of aryl methyl sites for hydroxylation is 2. The molecule has 2 amide bonds. The van der Waals surface area contributed by atoms with Crippen molar-refractivity contribution in [2.45, 2.75) is 13.8 Å². The van der Waals surface area contributed by atoms with Crippen molar-refractivity contribution in [1.82, 2.24) is 15.8 Å². The number of aromatic nitrogens is 1. The van der Waals surface area contributed by atoms with Crippen LogP contribution in [0.15, 0.2) is 66.9 Å². The number of para-hydroxylation sites is 1. The van der Waals surface area contributed by atoms with E-state index in [2.05, 4.69) is 15.8 Å². The largest absolute Gasteiger partial charge is 0.484 e. The maximum absolute atomic E-state index is 12.4. The number of ether oxygens (including phenoxy) is 2. The second kappa shape index (κ2) is 9.36. The quantitative estimate of drug-likeness (QED) is 0.629. The van der Waals surface area contributed by atoms with E-state index in [0.717, 1.165) is 11.1 Å². The van der Waals surface area contributed by atoms with Crippen LogP contribution in [-0.2, 0) is 4.79 Å². The average molecular weight is 391 g/mol. The van der Waals surface area contributed by atoms with Gasteiger partial charge in [-0.05, 0) is 61.4 Å². The van der Waals surface area contributed by atoms with Crippen molar-refractivity contribution in [2.75, 3.05) is 6.61 Å². The maximum atomic E-state index is 12.4. The van der Waals surface area contributed by atoms with Crippen LogP contribution in [0.3, 0.4) is 0 Å². The molecule has 29 heavy (non-hydrogen) atoms. The summed E-state index contributed by atoms with van der Waals surface area (Å²) < 4.78 is 11.1. The average Bonchev–Trinajstić information content (AvgIpc) is 2.74. The number of amides is 2. The molecule has 3 aromatic rings. The predicted octanol–water partition coefficient (Wildman–Crippen LogP) is 3.33. The van der Waals surface area contributed by atoms with Crippen LogP contribution in [0.4, 0.5) is 0 Å². The first kappa shape index (κ1) is 19.9. The van der Waals surface area contributed by atoms with Gasteiger partial charge in [-0.2, -0.15) is 0 Å². The SMILES string of the molecule is Cc1ccc(OCC(=O)NNC(=O)c2cccnc2Oc2ccccc2)cc1C. The molecule has 0 atom stereocenters. The van der Waals surface area contributed by atoms with E-state index in [1.165, 1.54) is 6.20 Å². The molecule has 0 radical (unpaired) electrons. The molecule has 0 fully saturated rings. The molecule has 0 aliphatic carbocycles. The first-order valence-corrected chi connectivity index (χ1v) is 9.00. The number of benzene rings is 2. The minimum atomic E-state index is -0.552. The summed E-state index contributed by atoms with van der Waals surface area (Å²) in [6, 6.07) is 17.7. The van der Waals surface area contributed by atoms with E-state index in [9.17, 15) is 9.59 Å². The van der Waals surface area contributed by atoms with E-state index in [0.29, 0.717) is 11.5 Å². The minimum absolute atomic E-state index is 0.136. The van der Waals surface area contributed by atoms with Gasteiger partial charge in [0.2, 0.25) is 5.88 Å². The molecular weight excluding hydrogens is 370 g/mol. The second-order valence-electron chi connectivity index (χ2n) is 6.31. The molecule has 0 saturated heterocycles. The predicted molar refractivity (Wildman–Crippen MR) is 108 cm³/mol. The number of nitrogens with zero attached hydrogens (tertiary/aromatic N) is 1. The molecule has 1 aromatic heterocycles. The molecule has 7 heteroatoms. The topological polar surface area (TPSA) is 89.6 Å². The number of pyridine rings is 1. The van der Waals surface area contributed by atoms with Gasteiger partial charge in [-0.25, -0.2) is 4.98 Å². The summed E-state index contributed by atoms with van der Waals surface area (Å²) in [5.74, 6) is 0.220. The van der Waals surface area contributed by atoms with Crippen LogP contribution in [0.1, 0.15) is 21.5 Å². The molecule has 7 nitrogen and oxygen atoms in total. The molecule has 0 bridgehead atoms. The summed E-state index contributed by atoms with van der Waals surface area (Å²) >= 11 is 0. The second-order valence-corrected chi connectivity index (χ2v) is 6.31. The maximum Gasteiger partial charge on any atom is 0.276 e. The molecule has 0 aliphatic heterocycles. The normalized spacial score (nSPS) is 10.1. The Bertz CT molecular complexity index is 1010. The third kappa shape index (κ3) is 5.55. The van der Waals surface area contributed by atoms with Crippen molar-refractivity contribution >= 4 is 11.8 Å². The highest BCUT2D eigenvalue weighted by molar-refractivity contribution is 5.97. The van der Waals surface area contributed by atoms with Gasteiger partial charge in [0.05, 0.1) is 0 Å². The Morgan fingerprint density at radius 2 is 1.69 bits per heavy atom. The van der Waals surface area contributed by atoms with Crippen molar-refractivity contribution in [3.8, 4) is 17.4 Å². The van der Waals surface area contributed by atoms with Gasteiger partial charge in [-0.3, -0.25) is 20.4 Å². The molecule has 2 N–H and O–H groups in total. The van der Waals surface area contributed by atoms with Gasteiger partial charge in [-0.15, -0.1) is 0 Å². The van der Waals surface area contributed by atoms with Gasteiger partial charge in [0.15, 0.2) is 6.61 Å². The number of hydrogen-bond donors (Lipinski definition) is 2. The van der Waals surface area contributed by atoms with Crippen LogP contribution >= 0.6 is 0 Å². The summed E-state index contributed by atoms with van der Waals surface area (Å²) in [6.45, 7) is 3.73. The molecule has 148 valence electrons. The van der Waals surface area contributed by atoms with E-state index in [-0.39, 0.29) is 18.1 Å². The molecule has 0 spiro atoms. The number of carbonyl (C=O) groups excluding carboxylic acids is 2. The number of hydrazine groups is 1. The molecular formula is C22H21N3O4. The van der Waals surface area contributed by atoms with Gasteiger partial charge in [0, 0.05) is 6.20 Å². The van der Waals surface area contributed by atoms with Crippen molar-refractivity contribution in [3.63, 3.8) is 0 Å². The fraction of sp³-hybridized carbons (Fsp3) is 0.136. The zero-order valence-electron chi connectivity index (χ0n) is 16.1. The Hall–Kier alpha value is -3.87. The Morgan fingerprint density at radius 1 is 0.897 bits per heavy atom. The first-order chi connectivity index (χ1) is 14.0. The number of carbonyl (C=O) groups is 2. The van der Waals surface area contributed by atoms with Crippen LogP contribution in [0.5, 0.6) is 17.4 Å². The molecule has 0 saturated carbocycles. The minimum Gasteiger partial charge on any atom is -0.484 e. The van der Waals surface area contributed by atoms with Crippen molar-refractivity contribution in [3.05, 3.63) is 83.6 Å². The lowest BCUT2D eigenvalue weighted by Gasteiger charge is -2.12. The Morgan fingerprint density at radius 3 is 2.45 bits per heavy atom. The van der Waals surface area contributed by atoms with Gasteiger partial charge in [0.1, 0.15) is 17.1 Å². The van der Waals surface area contributed by atoms with Crippen molar-refractivity contribution in [2.24, 2.45) is 0 Å². The summed E-state index contributed by atoms with van der Waals surface area (Å²) in [5, 5.41) is 0. The zero-order chi connectivity index (χ0) is 20.6. The first-order valence-electron chi connectivity index (χ1n) is 9.00. The third-order valence-corrected chi connectivity index (χ3v) is 4.14. The molecule has 0 unspecified atom stereocenters. The van der Waals surface area contributed by atoms with Crippen LogP contribution in [0.2, 0.25) is 0 Å². The Kier molecular flexibility index (Phi) is 6.42. The summed E-state index contributed by atoms with van der Waals surface area (Å²) in [5.41, 5.74) is 7.06. The smallest absolute Gasteiger partial charge is 0.276 e. The molecule has 2 aromatic carbocycles. The summed E-state index contributed by atoms with van der Waals surface area (Å²) in [6.07, 6.45) is 1.52. The molecule has 1 heterocycles. The number of nitrogens with one attached hydrogen (secondary N) is 2. The monoisotopic (exact) mass is 391 g/mol. The summed E-state index contributed by atoms with van der Waals surface area (Å²) in [4.78, 5) is 28.5. The van der Waals surface area contributed by atoms with Crippen LogP contribution in [0, 0.1) is 13.8 Å². The van der Waals surface area contributed by atoms with Gasteiger partial charge >= 0.3 is 0 Å². The van der Waals surface area contributed by atoms with E-state index in [1.807, 2.05) is 44.2 Å². The fourth-order valence-corrected chi connectivity index (χ4v) is 2.43. The summed E-state index contributed by atoms with van der Waals surface area (Å²) in [7, 11) is 0. The van der Waals surface area contributed by atoms with E-state index >= 15 is 0 Å². The van der Waals surface area contributed by atoms with E-state index < -0.39 is 11.8 Å². The van der Waals surface area contributed by atoms with Crippen LogP contribution in [0.25, 0.3) is 0 Å². The van der Waals surface area contributed by atoms with E-state index in [1.54, 1.807) is 30.3 Å². The lowest BCUT2D eigenvalue weighted by atomic mass is 10.1. The van der Waals surface area contributed by atoms with Gasteiger partial charge < -0.3 is 9.47 Å². The van der Waals surface area contributed by atoms with Crippen LogP contribution in [-0.4, -0.2) is 23.4 Å². The van der Waals surface area contributed by atoms with Crippen molar-refractivity contribution in [1.29, 1.82) is 0 Å². The highest BCUT2D eigenvalue weighted by Crippen LogP contribution is 2.22. The lowest BCUT2D eigenvalue weighted by molar-refractivity contribution is -0.123. The standard InChI is InChI=1S/C22H21N3O4/c1-15-10-11-18(13-16(15)2)28-14-20(26)24-25-21(27)19-9-6-12-23-22(19)29-17-7-4-3-5-8-17/h3-13H,14H2,1-2H3,(H,24,26)(H,25,27).